The fourth-order valence-corrected chi connectivity index (χ4v) is 5.49. The smallest absolute Gasteiger partial charge is 0.197 e. The summed E-state index contributed by atoms with van der Waals surface area (Å²) in [4.78, 5) is 12.9. The van der Waals surface area contributed by atoms with Crippen molar-refractivity contribution in [2.24, 2.45) is 0 Å². The predicted octanol–water partition coefficient (Wildman–Crippen LogP) is 5.33. The molecular formula is C23H25N7O2S. The topological polar surface area (TPSA) is 108 Å². The van der Waals surface area contributed by atoms with Crippen LogP contribution in [0.4, 0.5) is 0 Å². The second-order valence-corrected chi connectivity index (χ2v) is 9.27. The number of aromatic amines is 1. The molecular weight excluding hydrogens is 438 g/mol. The summed E-state index contributed by atoms with van der Waals surface area (Å²) in [5, 5.41) is 16.3. The van der Waals surface area contributed by atoms with E-state index >= 15 is 0 Å². The summed E-state index contributed by atoms with van der Waals surface area (Å²) < 4.78 is 13.3. The number of aryl methyl sites for hydroxylation is 4. The van der Waals surface area contributed by atoms with Crippen LogP contribution in [0.1, 0.15) is 43.0 Å². The van der Waals surface area contributed by atoms with Gasteiger partial charge in [-0.1, -0.05) is 5.16 Å². The zero-order valence-corrected chi connectivity index (χ0v) is 20.5. The maximum Gasteiger partial charge on any atom is 0.197 e. The molecule has 0 spiro atoms. The van der Waals surface area contributed by atoms with Crippen LogP contribution in [0.25, 0.3) is 33.1 Å². The van der Waals surface area contributed by atoms with Crippen LogP contribution in [0.5, 0.6) is 5.75 Å². The quantitative estimate of drug-likeness (QED) is 0.348. The molecule has 0 aliphatic carbocycles. The van der Waals surface area contributed by atoms with Gasteiger partial charge in [0.15, 0.2) is 5.16 Å². The molecule has 0 bridgehead atoms. The van der Waals surface area contributed by atoms with E-state index in [4.69, 9.17) is 14.2 Å². The van der Waals surface area contributed by atoms with E-state index in [1.807, 2.05) is 33.8 Å². The normalized spacial score (nSPS) is 11.9. The number of benzene rings is 1. The van der Waals surface area contributed by atoms with Crippen LogP contribution in [0.15, 0.2) is 26.8 Å². The second kappa shape index (κ2) is 7.87. The minimum atomic E-state index is 0.238. The van der Waals surface area contributed by atoms with Crippen molar-refractivity contribution in [2.45, 2.75) is 57.8 Å². The van der Waals surface area contributed by atoms with Gasteiger partial charge in [0.2, 0.25) is 0 Å². The zero-order chi connectivity index (χ0) is 23.4. The third kappa shape index (κ3) is 3.45. The Hall–Kier alpha value is -3.40. The molecule has 0 unspecified atom stereocenters. The maximum absolute atomic E-state index is 5.78. The van der Waals surface area contributed by atoms with Crippen molar-refractivity contribution >= 4 is 33.7 Å². The Kier molecular flexibility index (Phi) is 5.12. The molecule has 0 fully saturated rings. The highest BCUT2D eigenvalue weighted by atomic mass is 32.2. The van der Waals surface area contributed by atoms with E-state index in [9.17, 15) is 0 Å². The van der Waals surface area contributed by atoms with E-state index < -0.39 is 0 Å². The molecule has 0 aliphatic heterocycles. The fraction of sp³-hybridized carbons (Fsp3) is 0.348. The van der Waals surface area contributed by atoms with Crippen LogP contribution in [0.2, 0.25) is 0 Å². The summed E-state index contributed by atoms with van der Waals surface area (Å²) in [7, 11) is 1.67. The first-order valence-electron chi connectivity index (χ1n) is 10.7. The van der Waals surface area contributed by atoms with E-state index in [0.717, 1.165) is 66.3 Å². The third-order valence-corrected chi connectivity index (χ3v) is 6.64. The van der Waals surface area contributed by atoms with Crippen molar-refractivity contribution in [3.63, 3.8) is 0 Å². The van der Waals surface area contributed by atoms with Crippen molar-refractivity contribution in [2.75, 3.05) is 7.11 Å². The molecule has 1 aromatic carbocycles. The van der Waals surface area contributed by atoms with Crippen molar-refractivity contribution in [3.8, 4) is 16.9 Å². The lowest BCUT2D eigenvalue weighted by atomic mass is 10.0. The van der Waals surface area contributed by atoms with Crippen molar-refractivity contribution in [1.82, 2.24) is 34.9 Å². The number of H-pyrrole nitrogens is 1. The monoisotopic (exact) mass is 463 g/mol. The van der Waals surface area contributed by atoms with E-state index in [2.05, 4.69) is 49.8 Å². The van der Waals surface area contributed by atoms with Crippen LogP contribution < -0.4 is 4.74 Å². The van der Waals surface area contributed by atoms with E-state index in [-0.39, 0.29) is 6.04 Å². The number of hydrogen-bond acceptors (Lipinski definition) is 8. The van der Waals surface area contributed by atoms with Gasteiger partial charge in [0.05, 0.1) is 23.8 Å². The molecule has 4 heterocycles. The lowest BCUT2D eigenvalue weighted by Crippen LogP contribution is -2.05. The van der Waals surface area contributed by atoms with Crippen LogP contribution >= 0.6 is 11.8 Å². The fourth-order valence-electron chi connectivity index (χ4n) is 4.30. The van der Waals surface area contributed by atoms with Crippen LogP contribution in [-0.4, -0.2) is 42.0 Å². The van der Waals surface area contributed by atoms with Crippen molar-refractivity contribution < 1.29 is 9.26 Å². The van der Waals surface area contributed by atoms with Gasteiger partial charge in [0.25, 0.3) is 0 Å². The van der Waals surface area contributed by atoms with Gasteiger partial charge in [-0.05, 0) is 65.4 Å². The molecule has 0 atom stereocenters. The lowest BCUT2D eigenvalue weighted by Gasteiger charge is -2.12. The van der Waals surface area contributed by atoms with E-state index in [0.29, 0.717) is 5.82 Å². The molecule has 0 amide bonds. The van der Waals surface area contributed by atoms with Gasteiger partial charge >= 0.3 is 0 Å². The SMILES string of the molecule is COc1cc2c(cc1-c1c(C)noc1C)[nH]c1nc(C)nc(Sc3nnc(C)n3C(C)C)c12. The highest BCUT2D eigenvalue weighted by Crippen LogP contribution is 2.42. The number of aromatic nitrogens is 7. The summed E-state index contributed by atoms with van der Waals surface area (Å²) in [6.45, 7) is 11.9. The highest BCUT2D eigenvalue weighted by molar-refractivity contribution is 7.99. The third-order valence-electron chi connectivity index (χ3n) is 5.69. The second-order valence-electron chi connectivity index (χ2n) is 8.32. The summed E-state index contributed by atoms with van der Waals surface area (Å²) in [6, 6.07) is 4.32. The summed E-state index contributed by atoms with van der Waals surface area (Å²) in [5.74, 6) is 3.04. The molecule has 10 heteroatoms. The molecule has 1 N–H and O–H groups in total. The zero-order valence-electron chi connectivity index (χ0n) is 19.6. The Labute approximate surface area is 195 Å². The molecule has 0 radical (unpaired) electrons. The number of rotatable bonds is 5. The highest BCUT2D eigenvalue weighted by Gasteiger charge is 2.22. The number of nitrogens with zero attached hydrogens (tertiary/aromatic N) is 6. The minimum absolute atomic E-state index is 0.238. The Balaban J connectivity index is 1.75. The Bertz CT molecular complexity index is 1490. The Morgan fingerprint density at radius 2 is 1.88 bits per heavy atom. The summed E-state index contributed by atoms with van der Waals surface area (Å²) in [6.07, 6.45) is 0. The van der Waals surface area contributed by atoms with E-state index in [1.165, 1.54) is 11.8 Å². The summed E-state index contributed by atoms with van der Waals surface area (Å²) in [5.41, 5.74) is 4.37. The van der Waals surface area contributed by atoms with Gasteiger partial charge in [0.1, 0.15) is 33.8 Å². The first-order chi connectivity index (χ1) is 15.8. The average molecular weight is 464 g/mol. The van der Waals surface area contributed by atoms with Crippen LogP contribution in [0.3, 0.4) is 0 Å². The molecule has 0 aliphatic rings. The molecule has 5 aromatic rings. The molecule has 9 nitrogen and oxygen atoms in total. The molecule has 0 saturated heterocycles. The molecule has 4 aromatic heterocycles. The van der Waals surface area contributed by atoms with Gasteiger partial charge in [0, 0.05) is 22.5 Å². The number of ether oxygens (including phenoxy) is 1. The number of methoxy groups -OCH3 is 1. The number of nitrogens with one attached hydrogen (secondary N) is 1. The summed E-state index contributed by atoms with van der Waals surface area (Å²) >= 11 is 1.50. The lowest BCUT2D eigenvalue weighted by molar-refractivity contribution is 0.393. The number of hydrogen-bond donors (Lipinski definition) is 1. The standard InChI is InChI=1S/C23H25N7O2S/c1-10(2)30-14(6)27-28-23(30)33-22-20-15-9-18(31-7)16(19-11(3)29-32-12(19)4)8-17(15)26-21(20)24-13(5)25-22/h8-10H,1-7H3,(H,24,25,26). The average Bonchev–Trinajstić information content (AvgIpc) is 3.41. The Morgan fingerprint density at radius 3 is 2.55 bits per heavy atom. The first-order valence-corrected chi connectivity index (χ1v) is 11.5. The number of fused-ring (bicyclic) bond motifs is 3. The molecule has 33 heavy (non-hydrogen) atoms. The van der Waals surface area contributed by atoms with Gasteiger partial charge in [-0.15, -0.1) is 10.2 Å². The van der Waals surface area contributed by atoms with Gasteiger partial charge in [-0.25, -0.2) is 9.97 Å². The Morgan fingerprint density at radius 1 is 1.09 bits per heavy atom. The first kappa shape index (κ1) is 21.4. The van der Waals surface area contributed by atoms with Gasteiger partial charge < -0.3 is 18.8 Å². The van der Waals surface area contributed by atoms with Crippen molar-refractivity contribution in [1.29, 1.82) is 0 Å². The molecule has 0 saturated carbocycles. The largest absolute Gasteiger partial charge is 0.496 e. The molecule has 170 valence electrons. The van der Waals surface area contributed by atoms with Crippen molar-refractivity contribution in [3.05, 3.63) is 35.2 Å². The minimum Gasteiger partial charge on any atom is -0.496 e. The van der Waals surface area contributed by atoms with Gasteiger partial charge in [-0.3, -0.25) is 0 Å². The van der Waals surface area contributed by atoms with Gasteiger partial charge in [-0.2, -0.15) is 0 Å². The van der Waals surface area contributed by atoms with E-state index in [1.54, 1.807) is 7.11 Å². The predicted molar refractivity (Wildman–Crippen MR) is 127 cm³/mol. The molecule has 5 rings (SSSR count). The van der Waals surface area contributed by atoms with Crippen LogP contribution in [-0.2, 0) is 0 Å². The van der Waals surface area contributed by atoms with Crippen LogP contribution in [0, 0.1) is 27.7 Å². The maximum atomic E-state index is 5.78.